The topological polar surface area (TPSA) is 29.1 Å². The molecule has 1 saturated carbocycles. The number of rotatable bonds is 2. The molecule has 1 N–H and O–H groups in total. The smallest absolute Gasteiger partial charge is 0.223 e. The summed E-state index contributed by atoms with van der Waals surface area (Å²) in [6.45, 7) is 0. The molecule has 0 radical (unpaired) electrons. The predicted octanol–water partition coefficient (Wildman–Crippen LogP) is 3.22. The van der Waals surface area contributed by atoms with E-state index in [1.165, 1.54) is 28.3 Å². The first-order valence-electron chi connectivity index (χ1n) is 7.61. The Morgan fingerprint density at radius 3 is 2.20 bits per heavy atom. The van der Waals surface area contributed by atoms with Gasteiger partial charge in [0.1, 0.15) is 0 Å². The van der Waals surface area contributed by atoms with Crippen LogP contribution in [0.15, 0.2) is 36.4 Å². The summed E-state index contributed by atoms with van der Waals surface area (Å²) in [5.74, 6) is 0.552. The third kappa shape index (κ3) is 1.91. The van der Waals surface area contributed by atoms with Crippen LogP contribution < -0.4 is 5.32 Å². The highest BCUT2D eigenvalue weighted by Gasteiger charge is 2.28. The van der Waals surface area contributed by atoms with Crippen molar-refractivity contribution in [3.05, 3.63) is 47.5 Å². The SMILES string of the molecule is O=C(NC1Cc2cccc3cccc(c23)C1)C1CCC1. The summed E-state index contributed by atoms with van der Waals surface area (Å²) >= 11 is 0. The number of carbonyl (C=O) groups excluding carboxylic acids is 1. The lowest BCUT2D eigenvalue weighted by Crippen LogP contribution is -2.44. The predicted molar refractivity (Wildman–Crippen MR) is 80.6 cm³/mol. The Labute approximate surface area is 119 Å². The van der Waals surface area contributed by atoms with E-state index in [9.17, 15) is 4.79 Å². The second-order valence-electron chi connectivity index (χ2n) is 6.17. The van der Waals surface area contributed by atoms with Crippen molar-refractivity contribution in [3.8, 4) is 0 Å². The fourth-order valence-electron chi connectivity index (χ4n) is 3.54. The van der Waals surface area contributed by atoms with Gasteiger partial charge in [-0.2, -0.15) is 0 Å². The molecular formula is C18H19NO. The maximum atomic E-state index is 12.1. The number of benzene rings is 2. The van der Waals surface area contributed by atoms with Gasteiger partial charge in [-0.1, -0.05) is 42.8 Å². The Bertz CT molecular complexity index is 631. The quantitative estimate of drug-likeness (QED) is 0.887. The van der Waals surface area contributed by atoms with Crippen molar-refractivity contribution in [2.24, 2.45) is 5.92 Å². The van der Waals surface area contributed by atoms with Gasteiger partial charge < -0.3 is 5.32 Å². The van der Waals surface area contributed by atoms with Crippen LogP contribution in [0.5, 0.6) is 0 Å². The first-order chi connectivity index (χ1) is 9.81. The summed E-state index contributed by atoms with van der Waals surface area (Å²) < 4.78 is 0. The van der Waals surface area contributed by atoms with E-state index >= 15 is 0 Å². The molecule has 0 bridgehead atoms. The van der Waals surface area contributed by atoms with Crippen molar-refractivity contribution in [2.75, 3.05) is 0 Å². The van der Waals surface area contributed by atoms with Crippen LogP contribution in [-0.4, -0.2) is 11.9 Å². The second kappa shape index (κ2) is 4.62. The standard InChI is InChI=1S/C18H19NO/c20-18(13-6-3-7-13)19-16-10-14-8-1-4-12-5-2-9-15(11-16)17(12)14/h1-2,4-5,8-9,13,16H,3,6-7,10-11H2,(H,19,20). The first kappa shape index (κ1) is 12.0. The van der Waals surface area contributed by atoms with Crippen LogP contribution in [0.2, 0.25) is 0 Å². The van der Waals surface area contributed by atoms with Gasteiger partial charge in [-0.25, -0.2) is 0 Å². The molecule has 1 fully saturated rings. The summed E-state index contributed by atoms with van der Waals surface area (Å²) in [4.78, 5) is 12.1. The Balaban J connectivity index is 1.60. The lowest BCUT2D eigenvalue weighted by atomic mass is 9.83. The van der Waals surface area contributed by atoms with Crippen LogP contribution in [0.4, 0.5) is 0 Å². The Morgan fingerprint density at radius 1 is 1.00 bits per heavy atom. The molecule has 0 heterocycles. The van der Waals surface area contributed by atoms with Crippen LogP contribution in [-0.2, 0) is 17.6 Å². The van der Waals surface area contributed by atoms with Crippen molar-refractivity contribution in [2.45, 2.75) is 38.1 Å². The molecule has 0 saturated heterocycles. The summed E-state index contributed by atoms with van der Waals surface area (Å²) in [6.07, 6.45) is 5.29. The van der Waals surface area contributed by atoms with Crippen molar-refractivity contribution < 1.29 is 4.79 Å². The van der Waals surface area contributed by atoms with E-state index in [-0.39, 0.29) is 17.9 Å². The molecule has 2 nitrogen and oxygen atoms in total. The van der Waals surface area contributed by atoms with Crippen LogP contribution in [0.1, 0.15) is 30.4 Å². The molecule has 2 heteroatoms. The van der Waals surface area contributed by atoms with E-state index in [1.807, 2.05) is 0 Å². The highest BCUT2D eigenvalue weighted by atomic mass is 16.2. The van der Waals surface area contributed by atoms with Crippen LogP contribution in [0.25, 0.3) is 10.8 Å². The van der Waals surface area contributed by atoms with Gasteiger partial charge in [0.2, 0.25) is 5.91 Å². The molecule has 2 aliphatic rings. The summed E-state index contributed by atoms with van der Waals surface area (Å²) in [7, 11) is 0. The van der Waals surface area contributed by atoms with E-state index in [0.717, 1.165) is 25.7 Å². The van der Waals surface area contributed by atoms with Gasteiger partial charge in [-0.3, -0.25) is 4.79 Å². The third-order valence-corrected chi connectivity index (χ3v) is 4.83. The molecule has 2 aromatic carbocycles. The Hall–Kier alpha value is -1.83. The molecule has 2 aromatic rings. The van der Waals surface area contributed by atoms with E-state index in [1.54, 1.807) is 0 Å². The molecule has 1 amide bonds. The molecule has 0 unspecified atom stereocenters. The average molecular weight is 265 g/mol. The van der Waals surface area contributed by atoms with Crippen molar-refractivity contribution in [1.29, 1.82) is 0 Å². The molecular weight excluding hydrogens is 246 g/mol. The van der Waals surface area contributed by atoms with Gasteiger partial charge in [-0.05, 0) is 47.6 Å². The van der Waals surface area contributed by atoms with E-state index in [4.69, 9.17) is 0 Å². The molecule has 0 aromatic heterocycles. The zero-order valence-electron chi connectivity index (χ0n) is 11.6. The lowest BCUT2D eigenvalue weighted by molar-refractivity contribution is -0.128. The monoisotopic (exact) mass is 265 g/mol. The Morgan fingerprint density at radius 2 is 1.65 bits per heavy atom. The van der Waals surface area contributed by atoms with Gasteiger partial charge in [0.15, 0.2) is 0 Å². The highest BCUT2D eigenvalue weighted by Crippen LogP contribution is 2.31. The van der Waals surface area contributed by atoms with E-state index in [2.05, 4.69) is 41.7 Å². The zero-order valence-corrected chi connectivity index (χ0v) is 11.6. The van der Waals surface area contributed by atoms with Gasteiger partial charge in [0, 0.05) is 12.0 Å². The van der Waals surface area contributed by atoms with Gasteiger partial charge >= 0.3 is 0 Å². The summed E-state index contributed by atoms with van der Waals surface area (Å²) in [5.41, 5.74) is 2.76. The fraction of sp³-hybridized carbons (Fsp3) is 0.389. The van der Waals surface area contributed by atoms with E-state index in [0.29, 0.717) is 0 Å². The normalized spacial score (nSPS) is 18.8. The van der Waals surface area contributed by atoms with Crippen molar-refractivity contribution in [1.82, 2.24) is 5.32 Å². The number of amides is 1. The largest absolute Gasteiger partial charge is 0.352 e. The van der Waals surface area contributed by atoms with E-state index < -0.39 is 0 Å². The molecule has 20 heavy (non-hydrogen) atoms. The third-order valence-electron chi connectivity index (χ3n) is 4.83. The Kier molecular flexibility index (Phi) is 2.76. The maximum absolute atomic E-state index is 12.1. The van der Waals surface area contributed by atoms with Gasteiger partial charge in [0.25, 0.3) is 0 Å². The number of nitrogens with one attached hydrogen (secondary N) is 1. The minimum absolute atomic E-state index is 0.267. The van der Waals surface area contributed by atoms with Crippen LogP contribution >= 0.6 is 0 Å². The molecule has 2 aliphatic carbocycles. The lowest BCUT2D eigenvalue weighted by Gasteiger charge is -2.30. The number of hydrogen-bond donors (Lipinski definition) is 1. The first-order valence-corrected chi connectivity index (χ1v) is 7.61. The zero-order chi connectivity index (χ0) is 13.5. The van der Waals surface area contributed by atoms with Crippen LogP contribution in [0.3, 0.4) is 0 Å². The van der Waals surface area contributed by atoms with Crippen molar-refractivity contribution >= 4 is 16.7 Å². The van der Waals surface area contributed by atoms with Crippen molar-refractivity contribution in [3.63, 3.8) is 0 Å². The fourth-order valence-corrected chi connectivity index (χ4v) is 3.54. The summed E-state index contributed by atoms with van der Waals surface area (Å²) in [6, 6.07) is 13.3. The minimum atomic E-state index is 0.267. The minimum Gasteiger partial charge on any atom is -0.352 e. The average Bonchev–Trinajstić information content (AvgIpc) is 2.37. The molecule has 102 valence electrons. The number of hydrogen-bond acceptors (Lipinski definition) is 1. The summed E-state index contributed by atoms with van der Waals surface area (Å²) in [5, 5.41) is 6.00. The molecule has 0 aliphatic heterocycles. The van der Waals surface area contributed by atoms with Gasteiger partial charge in [0.05, 0.1) is 0 Å². The van der Waals surface area contributed by atoms with Gasteiger partial charge in [-0.15, -0.1) is 0 Å². The highest BCUT2D eigenvalue weighted by molar-refractivity contribution is 5.90. The maximum Gasteiger partial charge on any atom is 0.223 e. The van der Waals surface area contributed by atoms with Crippen LogP contribution in [0, 0.1) is 5.92 Å². The number of carbonyl (C=O) groups is 1. The second-order valence-corrected chi connectivity index (χ2v) is 6.17. The molecule has 0 spiro atoms. The molecule has 4 rings (SSSR count). The molecule has 0 atom stereocenters.